The van der Waals surface area contributed by atoms with Gasteiger partial charge in [-0.05, 0) is 36.7 Å². The van der Waals surface area contributed by atoms with Crippen LogP contribution in [0.1, 0.15) is 27.2 Å². The minimum Gasteiger partial charge on any atom is -0.417 e. The molecule has 160 valence electrons. The number of alkyl halides is 3. The molecule has 1 heterocycles. The quantitative estimate of drug-likeness (QED) is 0.530. The molecule has 0 bridgehead atoms. The summed E-state index contributed by atoms with van der Waals surface area (Å²) in [5.74, 6) is -0.361. The number of hydrogen-bond acceptors (Lipinski definition) is 5. The summed E-state index contributed by atoms with van der Waals surface area (Å²) < 4.78 is 48.3. The first-order valence-electron chi connectivity index (χ1n) is 9.57. The van der Waals surface area contributed by atoms with E-state index in [1.54, 1.807) is 6.07 Å². The average molecular weight is 420 g/mol. The second-order valence-electron chi connectivity index (χ2n) is 8.72. The first kappa shape index (κ1) is 22.8. The maximum absolute atomic E-state index is 12.6. The maximum atomic E-state index is 12.6. The van der Waals surface area contributed by atoms with E-state index >= 15 is 0 Å². The van der Waals surface area contributed by atoms with Crippen LogP contribution in [0.5, 0.6) is 5.75 Å². The first-order valence-corrected chi connectivity index (χ1v) is 12.5. The smallest absolute Gasteiger partial charge is 0.417 e. The number of nitrogens with one attached hydrogen (secondary N) is 1. The van der Waals surface area contributed by atoms with Gasteiger partial charge in [0.15, 0.2) is 14.1 Å². The van der Waals surface area contributed by atoms with Gasteiger partial charge in [-0.2, -0.15) is 0 Å². The molecule has 1 aromatic carbocycles. The molecular weight excluding hydrogens is 387 g/mol. The van der Waals surface area contributed by atoms with E-state index in [1.165, 1.54) is 12.1 Å². The largest absolute Gasteiger partial charge is 0.573 e. The summed E-state index contributed by atoms with van der Waals surface area (Å²) in [6.45, 7) is 13.9. The molecule has 1 unspecified atom stereocenters. The van der Waals surface area contributed by atoms with Crippen LogP contribution in [0.25, 0.3) is 0 Å². The monoisotopic (exact) mass is 419 g/mol. The SMILES string of the molecule is CC(C)(C)[Si](C)(C)OCCC1CNCCN1c1ccc(N)c(OC(F)(F)F)c1. The third-order valence-electron chi connectivity index (χ3n) is 5.62. The summed E-state index contributed by atoms with van der Waals surface area (Å²) in [5.41, 5.74) is 6.30. The molecule has 0 aliphatic carbocycles. The molecule has 1 atom stereocenters. The van der Waals surface area contributed by atoms with Gasteiger partial charge in [0, 0.05) is 44.0 Å². The van der Waals surface area contributed by atoms with Crippen LogP contribution >= 0.6 is 0 Å². The van der Waals surface area contributed by atoms with Crippen LogP contribution in [0.15, 0.2) is 18.2 Å². The highest BCUT2D eigenvalue weighted by molar-refractivity contribution is 6.74. The number of benzene rings is 1. The average Bonchev–Trinajstić information content (AvgIpc) is 2.55. The van der Waals surface area contributed by atoms with Crippen molar-refractivity contribution in [2.45, 2.75) is 57.7 Å². The summed E-state index contributed by atoms with van der Waals surface area (Å²) in [5, 5.41) is 3.49. The lowest BCUT2D eigenvalue weighted by atomic mass is 10.1. The van der Waals surface area contributed by atoms with Crippen molar-refractivity contribution >= 4 is 19.7 Å². The molecule has 0 amide bonds. The lowest BCUT2D eigenvalue weighted by molar-refractivity contribution is -0.274. The Labute approximate surface area is 166 Å². The van der Waals surface area contributed by atoms with E-state index < -0.39 is 14.7 Å². The molecule has 0 aromatic heterocycles. The summed E-state index contributed by atoms with van der Waals surface area (Å²) in [4.78, 5) is 2.11. The standard InChI is InChI=1S/C19H32F3N3O2Si/c1-18(2,3)28(4,5)26-11-8-15-13-24-9-10-25(15)14-6-7-16(23)17(12-14)27-19(20,21)22/h6-7,12,15,24H,8-11,13,23H2,1-5H3. The number of nitrogens with zero attached hydrogens (tertiary/aromatic N) is 1. The van der Waals surface area contributed by atoms with E-state index in [-0.39, 0.29) is 22.5 Å². The van der Waals surface area contributed by atoms with Crippen LogP contribution < -0.4 is 20.7 Å². The Bertz CT molecular complexity index is 663. The van der Waals surface area contributed by atoms with E-state index in [0.29, 0.717) is 18.8 Å². The van der Waals surface area contributed by atoms with Crippen molar-refractivity contribution in [2.24, 2.45) is 0 Å². The summed E-state index contributed by atoms with van der Waals surface area (Å²) in [6, 6.07) is 4.70. The van der Waals surface area contributed by atoms with Gasteiger partial charge < -0.3 is 25.1 Å². The highest BCUT2D eigenvalue weighted by atomic mass is 28.4. The van der Waals surface area contributed by atoms with Crippen LogP contribution in [0.4, 0.5) is 24.5 Å². The zero-order chi connectivity index (χ0) is 21.2. The number of nitrogens with two attached hydrogens (primary N) is 1. The van der Waals surface area contributed by atoms with Crippen molar-refractivity contribution in [2.75, 3.05) is 36.9 Å². The molecule has 0 radical (unpaired) electrons. The van der Waals surface area contributed by atoms with Crippen molar-refractivity contribution in [3.63, 3.8) is 0 Å². The lowest BCUT2D eigenvalue weighted by Crippen LogP contribution is -2.52. The second-order valence-corrected chi connectivity index (χ2v) is 13.5. The second kappa shape index (κ2) is 8.50. The van der Waals surface area contributed by atoms with E-state index in [4.69, 9.17) is 10.2 Å². The van der Waals surface area contributed by atoms with Gasteiger partial charge in [0.2, 0.25) is 0 Å². The van der Waals surface area contributed by atoms with Crippen LogP contribution in [0.3, 0.4) is 0 Å². The molecular formula is C19H32F3N3O2Si. The molecule has 1 aliphatic rings. The van der Waals surface area contributed by atoms with Gasteiger partial charge in [0.1, 0.15) is 0 Å². The topological polar surface area (TPSA) is 59.8 Å². The van der Waals surface area contributed by atoms with Gasteiger partial charge in [0.25, 0.3) is 0 Å². The van der Waals surface area contributed by atoms with E-state index in [9.17, 15) is 13.2 Å². The Kier molecular flexibility index (Phi) is 6.93. The number of hydrogen-bond donors (Lipinski definition) is 2. The number of ether oxygens (including phenoxy) is 1. The molecule has 0 saturated carbocycles. The van der Waals surface area contributed by atoms with Gasteiger partial charge in [-0.15, -0.1) is 13.2 Å². The number of nitrogen functional groups attached to an aromatic ring is 1. The Morgan fingerprint density at radius 2 is 1.93 bits per heavy atom. The third-order valence-corrected chi connectivity index (χ3v) is 10.2. The van der Waals surface area contributed by atoms with Crippen LogP contribution in [0, 0.1) is 0 Å². The van der Waals surface area contributed by atoms with E-state index in [0.717, 1.165) is 19.5 Å². The molecule has 3 N–H and O–H groups in total. The normalized spacial score (nSPS) is 19.0. The molecule has 1 fully saturated rings. The number of piperazine rings is 1. The molecule has 1 aromatic rings. The van der Waals surface area contributed by atoms with E-state index in [1.807, 2.05) is 0 Å². The molecule has 0 spiro atoms. The van der Waals surface area contributed by atoms with Gasteiger partial charge >= 0.3 is 6.36 Å². The molecule has 2 rings (SSSR count). The zero-order valence-electron chi connectivity index (χ0n) is 17.3. The molecule has 1 saturated heterocycles. The predicted molar refractivity (Wildman–Crippen MR) is 109 cm³/mol. The van der Waals surface area contributed by atoms with E-state index in [2.05, 4.69) is 48.8 Å². The van der Waals surface area contributed by atoms with Gasteiger partial charge in [-0.25, -0.2) is 0 Å². The Morgan fingerprint density at radius 1 is 1.25 bits per heavy atom. The number of anilines is 2. The van der Waals surface area contributed by atoms with Crippen LogP contribution in [-0.2, 0) is 4.43 Å². The van der Waals surface area contributed by atoms with Gasteiger partial charge in [-0.3, -0.25) is 0 Å². The fraction of sp³-hybridized carbons (Fsp3) is 0.684. The maximum Gasteiger partial charge on any atom is 0.573 e. The van der Waals surface area contributed by atoms with Gasteiger partial charge in [-0.1, -0.05) is 20.8 Å². The van der Waals surface area contributed by atoms with Crippen molar-refractivity contribution < 1.29 is 22.3 Å². The van der Waals surface area contributed by atoms with Crippen molar-refractivity contribution in [3.8, 4) is 5.75 Å². The summed E-state index contributed by atoms with van der Waals surface area (Å²) in [6.07, 6.45) is -3.98. The van der Waals surface area contributed by atoms with Gasteiger partial charge in [0.05, 0.1) is 5.69 Å². The predicted octanol–water partition coefficient (Wildman–Crippen LogP) is 4.36. The first-order chi connectivity index (χ1) is 12.8. The van der Waals surface area contributed by atoms with Crippen LogP contribution in [0.2, 0.25) is 18.1 Å². The third kappa shape index (κ3) is 6.02. The Morgan fingerprint density at radius 3 is 2.54 bits per heavy atom. The van der Waals surface area contributed by atoms with Crippen molar-refractivity contribution in [1.82, 2.24) is 5.32 Å². The lowest BCUT2D eigenvalue weighted by Gasteiger charge is -2.40. The summed E-state index contributed by atoms with van der Waals surface area (Å²) in [7, 11) is -1.83. The number of halogens is 3. The fourth-order valence-electron chi connectivity index (χ4n) is 2.94. The highest BCUT2D eigenvalue weighted by Crippen LogP contribution is 2.37. The fourth-order valence-corrected chi connectivity index (χ4v) is 4.00. The minimum atomic E-state index is -4.77. The van der Waals surface area contributed by atoms with Crippen molar-refractivity contribution in [1.29, 1.82) is 0 Å². The Hall–Kier alpha value is -1.45. The number of rotatable bonds is 6. The molecule has 9 heteroatoms. The molecule has 28 heavy (non-hydrogen) atoms. The van der Waals surface area contributed by atoms with Crippen LogP contribution in [-0.4, -0.2) is 47.0 Å². The minimum absolute atomic E-state index is 0.0333. The molecule has 1 aliphatic heterocycles. The highest BCUT2D eigenvalue weighted by Gasteiger charge is 2.37. The van der Waals surface area contributed by atoms with Crippen molar-refractivity contribution in [3.05, 3.63) is 18.2 Å². The molecule has 5 nitrogen and oxygen atoms in total. The zero-order valence-corrected chi connectivity index (χ0v) is 18.3. The Balaban J connectivity index is 2.10. The summed E-state index contributed by atoms with van der Waals surface area (Å²) >= 11 is 0.